The number of carbonyl (C=O) groups excluding carboxylic acids is 1. The lowest BCUT2D eigenvalue weighted by molar-refractivity contribution is 0.0447. The zero-order valence-electron chi connectivity index (χ0n) is 11.1. The first kappa shape index (κ1) is 13.1. The van der Waals surface area contributed by atoms with Crippen molar-refractivity contribution in [2.75, 3.05) is 6.54 Å². The van der Waals surface area contributed by atoms with Gasteiger partial charge in [-0.1, -0.05) is 12.8 Å². The molecule has 1 aromatic heterocycles. The molecule has 1 fully saturated rings. The van der Waals surface area contributed by atoms with Gasteiger partial charge in [-0.25, -0.2) is 0 Å². The normalized spacial score (nSPS) is 17.9. The van der Waals surface area contributed by atoms with E-state index in [4.69, 9.17) is 0 Å². The van der Waals surface area contributed by atoms with Crippen molar-refractivity contribution >= 4 is 5.91 Å². The lowest BCUT2D eigenvalue weighted by Gasteiger charge is -2.22. The fraction of sp³-hybridized carbons (Fsp3) is 0.692. The number of hydrogen-bond acceptors (Lipinski definition) is 3. The molecule has 0 atom stereocenters. The van der Waals surface area contributed by atoms with Crippen molar-refractivity contribution < 1.29 is 9.90 Å². The topological polar surface area (TPSA) is 67.2 Å². The summed E-state index contributed by atoms with van der Waals surface area (Å²) in [5, 5.41) is 17.2. The Morgan fingerprint density at radius 3 is 2.83 bits per heavy atom. The minimum Gasteiger partial charge on any atom is -0.388 e. The van der Waals surface area contributed by atoms with Gasteiger partial charge in [0.1, 0.15) is 5.69 Å². The molecular formula is C13H21N3O2. The highest BCUT2D eigenvalue weighted by Crippen LogP contribution is 2.28. The molecule has 1 aromatic rings. The van der Waals surface area contributed by atoms with Gasteiger partial charge in [0.25, 0.3) is 5.91 Å². The van der Waals surface area contributed by atoms with E-state index in [1.165, 1.54) is 0 Å². The molecule has 2 N–H and O–H groups in total. The van der Waals surface area contributed by atoms with E-state index >= 15 is 0 Å². The minimum absolute atomic E-state index is 0.155. The monoisotopic (exact) mass is 251 g/mol. The molecule has 1 heterocycles. The third-order valence-corrected chi connectivity index (χ3v) is 3.55. The van der Waals surface area contributed by atoms with E-state index in [-0.39, 0.29) is 5.91 Å². The standard InChI is InChI=1S/C13H21N3O2/c1-3-16-11(8-10(2)15-16)12(17)14-9-13(18)6-4-5-7-13/h8,18H,3-7,9H2,1-2H3,(H,14,17). The highest BCUT2D eigenvalue weighted by molar-refractivity contribution is 5.92. The van der Waals surface area contributed by atoms with Gasteiger partial charge in [-0.2, -0.15) is 5.10 Å². The van der Waals surface area contributed by atoms with Crippen molar-refractivity contribution in [3.05, 3.63) is 17.5 Å². The zero-order chi connectivity index (χ0) is 13.2. The Morgan fingerprint density at radius 2 is 2.22 bits per heavy atom. The van der Waals surface area contributed by atoms with Gasteiger partial charge in [-0.05, 0) is 32.8 Å². The Morgan fingerprint density at radius 1 is 1.56 bits per heavy atom. The van der Waals surface area contributed by atoms with Crippen LogP contribution in [-0.2, 0) is 6.54 Å². The number of hydrogen-bond donors (Lipinski definition) is 2. The van der Waals surface area contributed by atoms with Gasteiger partial charge in [-0.3, -0.25) is 9.48 Å². The van der Waals surface area contributed by atoms with Crippen LogP contribution < -0.4 is 5.32 Å². The number of nitrogens with one attached hydrogen (secondary N) is 1. The Balaban J connectivity index is 1.99. The number of aromatic nitrogens is 2. The summed E-state index contributed by atoms with van der Waals surface area (Å²) in [6, 6.07) is 1.78. The number of nitrogens with zero attached hydrogens (tertiary/aromatic N) is 2. The average Bonchev–Trinajstić information content (AvgIpc) is 2.93. The SMILES string of the molecule is CCn1nc(C)cc1C(=O)NCC1(O)CCCC1. The smallest absolute Gasteiger partial charge is 0.269 e. The number of amides is 1. The van der Waals surface area contributed by atoms with E-state index < -0.39 is 5.60 Å². The van der Waals surface area contributed by atoms with Gasteiger partial charge < -0.3 is 10.4 Å². The van der Waals surface area contributed by atoms with E-state index in [1.807, 2.05) is 13.8 Å². The van der Waals surface area contributed by atoms with Gasteiger partial charge >= 0.3 is 0 Å². The van der Waals surface area contributed by atoms with Crippen molar-refractivity contribution in [2.45, 2.75) is 51.7 Å². The Hall–Kier alpha value is -1.36. The van der Waals surface area contributed by atoms with E-state index in [9.17, 15) is 9.90 Å². The maximum atomic E-state index is 12.1. The van der Waals surface area contributed by atoms with E-state index in [0.717, 1.165) is 31.4 Å². The molecule has 100 valence electrons. The molecular weight excluding hydrogens is 230 g/mol. The minimum atomic E-state index is -0.707. The summed E-state index contributed by atoms with van der Waals surface area (Å²) >= 11 is 0. The fourth-order valence-corrected chi connectivity index (χ4v) is 2.51. The Bertz CT molecular complexity index is 433. The van der Waals surface area contributed by atoms with Crippen molar-refractivity contribution in [3.63, 3.8) is 0 Å². The maximum absolute atomic E-state index is 12.1. The van der Waals surface area contributed by atoms with Crippen molar-refractivity contribution in [1.82, 2.24) is 15.1 Å². The van der Waals surface area contributed by atoms with Crippen LogP contribution in [0.25, 0.3) is 0 Å². The zero-order valence-corrected chi connectivity index (χ0v) is 11.1. The fourth-order valence-electron chi connectivity index (χ4n) is 2.51. The second-order valence-electron chi connectivity index (χ2n) is 5.10. The highest BCUT2D eigenvalue weighted by Gasteiger charge is 2.31. The second-order valence-corrected chi connectivity index (χ2v) is 5.10. The predicted octanol–water partition coefficient (Wildman–Crippen LogP) is 1.25. The first-order valence-corrected chi connectivity index (χ1v) is 6.59. The summed E-state index contributed by atoms with van der Waals surface area (Å²) in [6.07, 6.45) is 3.63. The number of carbonyl (C=O) groups is 1. The Labute approximate surface area is 107 Å². The molecule has 0 bridgehead atoms. The van der Waals surface area contributed by atoms with Crippen LogP contribution in [0.1, 0.15) is 48.8 Å². The molecule has 5 heteroatoms. The first-order chi connectivity index (χ1) is 8.54. The van der Waals surface area contributed by atoms with Crippen molar-refractivity contribution in [3.8, 4) is 0 Å². The van der Waals surface area contributed by atoms with Gasteiger partial charge in [0, 0.05) is 13.1 Å². The predicted molar refractivity (Wildman–Crippen MR) is 68.4 cm³/mol. The molecule has 0 aromatic carbocycles. The van der Waals surface area contributed by atoms with Crippen LogP contribution in [0.4, 0.5) is 0 Å². The first-order valence-electron chi connectivity index (χ1n) is 6.59. The molecule has 5 nitrogen and oxygen atoms in total. The van der Waals surface area contributed by atoms with Gasteiger partial charge in [0.15, 0.2) is 0 Å². The third kappa shape index (κ3) is 2.72. The van der Waals surface area contributed by atoms with Crippen LogP contribution in [0.3, 0.4) is 0 Å². The van der Waals surface area contributed by atoms with Gasteiger partial charge in [0.2, 0.25) is 0 Å². The molecule has 2 rings (SSSR count). The van der Waals surface area contributed by atoms with E-state index in [1.54, 1.807) is 10.7 Å². The molecule has 1 aliphatic rings. The number of aliphatic hydroxyl groups is 1. The van der Waals surface area contributed by atoms with E-state index in [2.05, 4.69) is 10.4 Å². The molecule has 0 spiro atoms. The van der Waals surface area contributed by atoms with Crippen LogP contribution in [0.15, 0.2) is 6.07 Å². The van der Waals surface area contributed by atoms with Crippen molar-refractivity contribution in [1.29, 1.82) is 0 Å². The summed E-state index contributed by atoms with van der Waals surface area (Å²) in [5.41, 5.74) is 0.695. The quantitative estimate of drug-likeness (QED) is 0.846. The van der Waals surface area contributed by atoms with Crippen LogP contribution in [-0.4, -0.2) is 32.9 Å². The lowest BCUT2D eigenvalue weighted by atomic mass is 10.0. The summed E-state index contributed by atoms with van der Waals surface area (Å²) in [5.74, 6) is -0.155. The molecule has 0 unspecified atom stereocenters. The maximum Gasteiger partial charge on any atom is 0.269 e. The van der Waals surface area contributed by atoms with Gasteiger partial charge in [-0.15, -0.1) is 0 Å². The van der Waals surface area contributed by atoms with Gasteiger partial charge in [0.05, 0.1) is 11.3 Å². The number of aryl methyl sites for hydroxylation is 2. The second kappa shape index (κ2) is 5.10. The lowest BCUT2D eigenvalue weighted by Crippen LogP contribution is -2.41. The largest absolute Gasteiger partial charge is 0.388 e. The molecule has 0 radical (unpaired) electrons. The van der Waals surface area contributed by atoms with Crippen LogP contribution in [0.2, 0.25) is 0 Å². The molecule has 0 saturated heterocycles. The molecule has 1 amide bonds. The van der Waals surface area contributed by atoms with Crippen LogP contribution >= 0.6 is 0 Å². The molecule has 18 heavy (non-hydrogen) atoms. The Kier molecular flexibility index (Phi) is 3.71. The van der Waals surface area contributed by atoms with E-state index in [0.29, 0.717) is 18.8 Å². The summed E-state index contributed by atoms with van der Waals surface area (Å²) < 4.78 is 1.68. The molecule has 1 aliphatic carbocycles. The average molecular weight is 251 g/mol. The number of rotatable bonds is 4. The van der Waals surface area contributed by atoms with Crippen LogP contribution in [0, 0.1) is 6.92 Å². The summed E-state index contributed by atoms with van der Waals surface area (Å²) in [4.78, 5) is 12.1. The van der Waals surface area contributed by atoms with Crippen molar-refractivity contribution in [2.24, 2.45) is 0 Å². The highest BCUT2D eigenvalue weighted by atomic mass is 16.3. The summed E-state index contributed by atoms with van der Waals surface area (Å²) in [6.45, 7) is 4.82. The molecule has 1 saturated carbocycles. The van der Waals surface area contributed by atoms with Crippen LogP contribution in [0.5, 0.6) is 0 Å². The third-order valence-electron chi connectivity index (χ3n) is 3.55. The molecule has 0 aliphatic heterocycles. The summed E-state index contributed by atoms with van der Waals surface area (Å²) in [7, 11) is 0.